The zero-order valence-corrected chi connectivity index (χ0v) is 18.3. The van der Waals surface area contributed by atoms with E-state index < -0.39 is 0 Å². The van der Waals surface area contributed by atoms with E-state index in [0.717, 1.165) is 22.7 Å². The van der Waals surface area contributed by atoms with Crippen molar-refractivity contribution in [3.05, 3.63) is 76.8 Å². The van der Waals surface area contributed by atoms with Gasteiger partial charge in [-0.1, -0.05) is 44.2 Å². The van der Waals surface area contributed by atoms with E-state index in [2.05, 4.69) is 0 Å². The second-order valence-corrected chi connectivity index (χ2v) is 8.29. The van der Waals surface area contributed by atoms with Gasteiger partial charge in [-0.3, -0.25) is 14.2 Å². The average molecular weight is 423 g/mol. The molecule has 5 nitrogen and oxygen atoms in total. The fourth-order valence-corrected chi connectivity index (χ4v) is 4.17. The van der Waals surface area contributed by atoms with Gasteiger partial charge in [0.25, 0.3) is 5.56 Å². The summed E-state index contributed by atoms with van der Waals surface area (Å²) < 4.78 is 7.04. The van der Waals surface area contributed by atoms with Crippen LogP contribution in [-0.4, -0.2) is 15.5 Å². The summed E-state index contributed by atoms with van der Waals surface area (Å²) >= 11 is 1.56. The van der Waals surface area contributed by atoms with Gasteiger partial charge in [-0.25, -0.2) is 4.98 Å². The highest BCUT2D eigenvalue weighted by Crippen LogP contribution is 2.32. The highest BCUT2D eigenvalue weighted by atomic mass is 32.2. The molecule has 3 rings (SSSR count). The van der Waals surface area contributed by atoms with Crippen molar-refractivity contribution in [1.29, 1.82) is 0 Å². The molecule has 0 aliphatic rings. The van der Waals surface area contributed by atoms with Crippen molar-refractivity contribution in [1.82, 2.24) is 9.55 Å². The van der Waals surface area contributed by atoms with Crippen molar-refractivity contribution in [2.45, 2.75) is 50.3 Å². The smallest absolute Gasteiger partial charge is 0.311 e. The van der Waals surface area contributed by atoms with E-state index >= 15 is 0 Å². The third-order valence-electron chi connectivity index (χ3n) is 4.59. The number of ether oxygens (including phenoxy) is 1. The van der Waals surface area contributed by atoms with Gasteiger partial charge < -0.3 is 4.74 Å². The maximum absolute atomic E-state index is 12.9. The Labute approximate surface area is 181 Å². The van der Waals surface area contributed by atoms with Gasteiger partial charge in [0.05, 0.1) is 11.1 Å². The highest BCUT2D eigenvalue weighted by Gasteiger charge is 2.15. The van der Waals surface area contributed by atoms with E-state index in [4.69, 9.17) is 9.72 Å². The number of thioether (sulfide) groups is 1. The molecule has 0 aliphatic carbocycles. The summed E-state index contributed by atoms with van der Waals surface area (Å²) in [5.74, 6) is 1.06. The first-order valence-electron chi connectivity index (χ1n) is 10.2. The molecule has 1 atom stereocenters. The number of rotatable bonds is 8. The Balaban J connectivity index is 1.79. The monoisotopic (exact) mass is 422 g/mol. The van der Waals surface area contributed by atoms with Crippen LogP contribution < -0.4 is 10.3 Å². The minimum atomic E-state index is -0.227. The molecule has 0 spiro atoms. The van der Waals surface area contributed by atoms with E-state index in [9.17, 15) is 9.59 Å². The molecule has 3 aromatic rings. The summed E-state index contributed by atoms with van der Waals surface area (Å²) in [6, 6.07) is 18.7. The van der Waals surface area contributed by atoms with E-state index in [0.29, 0.717) is 24.3 Å². The van der Waals surface area contributed by atoms with Crippen molar-refractivity contribution in [3.8, 4) is 17.0 Å². The molecular formula is C24H26N2O3S. The number of carbonyl (C=O) groups excluding carboxylic acids is 1. The predicted octanol–water partition coefficient (Wildman–Crippen LogP) is 5.49. The lowest BCUT2D eigenvalue weighted by molar-refractivity contribution is -0.134. The molecule has 30 heavy (non-hydrogen) atoms. The minimum absolute atomic E-state index is 0.0641. The number of benzene rings is 2. The van der Waals surface area contributed by atoms with Crippen LogP contribution in [-0.2, 0) is 11.2 Å². The molecule has 1 unspecified atom stereocenters. The van der Waals surface area contributed by atoms with Gasteiger partial charge in [-0.05, 0) is 37.6 Å². The lowest BCUT2D eigenvalue weighted by atomic mass is 10.1. The van der Waals surface area contributed by atoms with Gasteiger partial charge in [-0.15, -0.1) is 11.8 Å². The van der Waals surface area contributed by atoms with Crippen molar-refractivity contribution in [3.63, 3.8) is 0 Å². The van der Waals surface area contributed by atoms with Gasteiger partial charge in [0.2, 0.25) is 0 Å². The van der Waals surface area contributed by atoms with Crippen molar-refractivity contribution >= 4 is 17.7 Å². The van der Waals surface area contributed by atoms with Crippen molar-refractivity contribution < 1.29 is 9.53 Å². The zero-order valence-electron chi connectivity index (χ0n) is 17.5. The molecule has 0 fully saturated rings. The average Bonchev–Trinajstić information content (AvgIpc) is 2.75. The molecule has 2 aromatic carbocycles. The van der Waals surface area contributed by atoms with Crippen molar-refractivity contribution in [2.75, 3.05) is 0 Å². The lowest BCUT2D eigenvalue weighted by Gasteiger charge is -2.19. The zero-order chi connectivity index (χ0) is 21.5. The molecule has 156 valence electrons. The van der Waals surface area contributed by atoms with Crippen LogP contribution in [0.1, 0.15) is 44.8 Å². The standard InChI is InChI=1S/C24H26N2O3S/c1-4-9-24(28)29-19-12-14-20(15-13-19)30-17(3)26-22(5-2)25-21(16-23(26)27)18-10-7-6-8-11-18/h6-8,10-17H,4-5,9H2,1-3H3. The number of hydrogen-bond acceptors (Lipinski definition) is 5. The Bertz CT molecular complexity index is 1050. The van der Waals surface area contributed by atoms with Crippen LogP contribution in [0, 0.1) is 0 Å². The number of carbonyl (C=O) groups is 1. The maximum Gasteiger partial charge on any atom is 0.311 e. The van der Waals surface area contributed by atoms with Crippen molar-refractivity contribution in [2.24, 2.45) is 0 Å². The van der Waals surface area contributed by atoms with Gasteiger partial charge in [0.1, 0.15) is 11.6 Å². The Kier molecular flexibility index (Phi) is 7.46. The minimum Gasteiger partial charge on any atom is -0.427 e. The summed E-state index contributed by atoms with van der Waals surface area (Å²) in [6.45, 7) is 5.93. The molecule has 6 heteroatoms. The van der Waals surface area contributed by atoms with Crippen LogP contribution in [0.5, 0.6) is 5.75 Å². The fraction of sp³-hybridized carbons (Fsp3) is 0.292. The van der Waals surface area contributed by atoms with Gasteiger partial charge in [0, 0.05) is 29.4 Å². The van der Waals surface area contributed by atoms with Crippen LogP contribution in [0.15, 0.2) is 70.4 Å². The first-order valence-corrected chi connectivity index (χ1v) is 11.0. The highest BCUT2D eigenvalue weighted by molar-refractivity contribution is 7.99. The summed E-state index contributed by atoms with van der Waals surface area (Å²) in [5.41, 5.74) is 1.57. The number of hydrogen-bond donors (Lipinski definition) is 0. The Morgan fingerprint density at radius 1 is 1.10 bits per heavy atom. The normalized spacial score (nSPS) is 11.8. The third-order valence-corrected chi connectivity index (χ3v) is 5.69. The maximum atomic E-state index is 12.9. The molecule has 0 bridgehead atoms. The number of aromatic nitrogens is 2. The molecule has 0 radical (unpaired) electrons. The van der Waals surface area contributed by atoms with E-state index in [-0.39, 0.29) is 16.9 Å². The van der Waals surface area contributed by atoms with Gasteiger partial charge >= 0.3 is 5.97 Å². The SMILES string of the molecule is CCCC(=O)Oc1ccc(SC(C)n2c(CC)nc(-c3ccccc3)cc2=O)cc1. The summed E-state index contributed by atoms with van der Waals surface area (Å²) in [6.07, 6.45) is 1.82. The Morgan fingerprint density at radius 3 is 2.43 bits per heavy atom. The molecule has 0 N–H and O–H groups in total. The molecule has 0 amide bonds. The topological polar surface area (TPSA) is 61.2 Å². The first kappa shape index (κ1) is 21.8. The number of nitrogens with zero attached hydrogens (tertiary/aromatic N) is 2. The summed E-state index contributed by atoms with van der Waals surface area (Å²) in [7, 11) is 0. The number of esters is 1. The predicted molar refractivity (Wildman–Crippen MR) is 121 cm³/mol. The van der Waals surface area contributed by atoms with E-state index in [1.54, 1.807) is 34.5 Å². The second-order valence-electron chi connectivity index (χ2n) is 6.90. The molecule has 0 saturated heterocycles. The van der Waals surface area contributed by atoms with Gasteiger partial charge in [0.15, 0.2) is 0 Å². The van der Waals surface area contributed by atoms with Crippen LogP contribution in [0.25, 0.3) is 11.3 Å². The third kappa shape index (κ3) is 5.39. The van der Waals surface area contributed by atoms with E-state index in [1.807, 2.05) is 63.2 Å². The first-order chi connectivity index (χ1) is 14.5. The molecule has 1 aromatic heterocycles. The Morgan fingerprint density at radius 2 is 1.80 bits per heavy atom. The quantitative estimate of drug-likeness (QED) is 0.273. The van der Waals surface area contributed by atoms with Crippen LogP contribution in [0.4, 0.5) is 0 Å². The molecule has 1 heterocycles. The molecular weight excluding hydrogens is 396 g/mol. The largest absolute Gasteiger partial charge is 0.427 e. The number of aryl methyl sites for hydroxylation is 1. The van der Waals surface area contributed by atoms with Crippen LogP contribution >= 0.6 is 11.8 Å². The van der Waals surface area contributed by atoms with Gasteiger partial charge in [-0.2, -0.15) is 0 Å². The lowest BCUT2D eigenvalue weighted by Crippen LogP contribution is -2.26. The molecule has 0 aliphatic heterocycles. The summed E-state index contributed by atoms with van der Waals surface area (Å²) in [5, 5.41) is -0.127. The summed E-state index contributed by atoms with van der Waals surface area (Å²) in [4.78, 5) is 30.3. The van der Waals surface area contributed by atoms with Crippen LogP contribution in [0.3, 0.4) is 0 Å². The van der Waals surface area contributed by atoms with E-state index in [1.165, 1.54) is 0 Å². The molecule has 0 saturated carbocycles. The fourth-order valence-electron chi connectivity index (χ4n) is 3.16. The van der Waals surface area contributed by atoms with Crippen LogP contribution in [0.2, 0.25) is 0 Å². The second kappa shape index (κ2) is 10.3. The Hall–Kier alpha value is -2.86.